The molecule has 25 heavy (non-hydrogen) atoms. The highest BCUT2D eigenvalue weighted by molar-refractivity contribution is 6.33. The van der Waals surface area contributed by atoms with Crippen LogP contribution < -0.4 is 0 Å². The SMILES string of the molecule is C=CCC1=C(C)C2(CC=C)CC(=C)CC(C(=O)CC(C)C)(C1=O)C2=O. The molecule has 0 saturated heterocycles. The van der Waals surface area contributed by atoms with Crippen LogP contribution in [0.3, 0.4) is 0 Å². The highest BCUT2D eigenvalue weighted by atomic mass is 16.2. The van der Waals surface area contributed by atoms with Gasteiger partial charge in [0, 0.05) is 12.0 Å². The van der Waals surface area contributed by atoms with Gasteiger partial charge in [-0.3, -0.25) is 14.4 Å². The molecule has 0 heterocycles. The van der Waals surface area contributed by atoms with Crippen molar-refractivity contribution in [2.45, 2.75) is 52.9 Å². The summed E-state index contributed by atoms with van der Waals surface area (Å²) >= 11 is 0. The first-order chi connectivity index (χ1) is 11.7. The number of Topliss-reactive ketones (excluding diaryl/α,β-unsaturated/α-hetero) is 3. The molecule has 134 valence electrons. The molecule has 0 aromatic heterocycles. The monoisotopic (exact) mass is 340 g/mol. The van der Waals surface area contributed by atoms with E-state index >= 15 is 0 Å². The van der Waals surface area contributed by atoms with E-state index in [2.05, 4.69) is 19.7 Å². The summed E-state index contributed by atoms with van der Waals surface area (Å²) in [6, 6.07) is 0. The standard InChI is InChI=1S/C22H28O3/c1-7-9-17-16(6)21(10-8-2)12-15(5)13-22(19(17)24,20(21)25)18(23)11-14(3)4/h7-8,14H,1-2,5,9-13H2,3-4,6H3. The van der Waals surface area contributed by atoms with Gasteiger partial charge in [-0.15, -0.1) is 13.2 Å². The van der Waals surface area contributed by atoms with Gasteiger partial charge in [0.1, 0.15) is 0 Å². The molecule has 2 bridgehead atoms. The Labute approximate surface area is 150 Å². The van der Waals surface area contributed by atoms with E-state index in [9.17, 15) is 14.4 Å². The minimum absolute atomic E-state index is 0.0846. The van der Waals surface area contributed by atoms with Crippen LogP contribution in [0.2, 0.25) is 0 Å². The Kier molecular flexibility index (Phi) is 5.17. The van der Waals surface area contributed by atoms with Crippen molar-refractivity contribution < 1.29 is 14.4 Å². The van der Waals surface area contributed by atoms with E-state index in [4.69, 9.17) is 0 Å². The Hall–Kier alpha value is -2.03. The van der Waals surface area contributed by atoms with Gasteiger partial charge in [-0.2, -0.15) is 0 Å². The number of hydrogen-bond acceptors (Lipinski definition) is 3. The van der Waals surface area contributed by atoms with E-state index in [0.717, 1.165) is 11.1 Å². The molecule has 1 saturated carbocycles. The zero-order valence-electron chi connectivity index (χ0n) is 15.6. The van der Waals surface area contributed by atoms with E-state index in [-0.39, 0.29) is 36.1 Å². The van der Waals surface area contributed by atoms with Gasteiger partial charge in [0.25, 0.3) is 0 Å². The molecule has 2 unspecified atom stereocenters. The minimum atomic E-state index is -1.60. The largest absolute Gasteiger partial charge is 0.298 e. The molecule has 3 nitrogen and oxygen atoms in total. The second kappa shape index (κ2) is 6.70. The van der Waals surface area contributed by atoms with Crippen molar-refractivity contribution in [3.05, 3.63) is 48.6 Å². The average Bonchev–Trinajstić information content (AvgIpc) is 2.52. The van der Waals surface area contributed by atoms with Crippen LogP contribution in [0.4, 0.5) is 0 Å². The topological polar surface area (TPSA) is 51.2 Å². The van der Waals surface area contributed by atoms with E-state index in [1.54, 1.807) is 12.2 Å². The zero-order chi connectivity index (χ0) is 19.0. The van der Waals surface area contributed by atoms with Crippen molar-refractivity contribution in [2.24, 2.45) is 16.7 Å². The Morgan fingerprint density at radius 3 is 2.36 bits per heavy atom. The van der Waals surface area contributed by atoms with Gasteiger partial charge in [-0.05, 0) is 38.5 Å². The lowest BCUT2D eigenvalue weighted by Crippen LogP contribution is -2.60. The molecular formula is C22H28O3. The third kappa shape index (κ3) is 2.70. The number of carbonyl (C=O) groups excluding carboxylic acids is 3. The van der Waals surface area contributed by atoms with Gasteiger partial charge in [0.05, 0.1) is 5.41 Å². The second-order valence-electron chi connectivity index (χ2n) is 7.86. The van der Waals surface area contributed by atoms with Crippen LogP contribution in [0.15, 0.2) is 48.6 Å². The van der Waals surface area contributed by atoms with Gasteiger partial charge < -0.3 is 0 Å². The lowest BCUT2D eigenvalue weighted by molar-refractivity contribution is -0.155. The second-order valence-corrected chi connectivity index (χ2v) is 7.86. The van der Waals surface area contributed by atoms with Crippen LogP contribution in [-0.2, 0) is 14.4 Å². The molecule has 0 spiro atoms. The number of rotatable bonds is 7. The maximum absolute atomic E-state index is 13.6. The van der Waals surface area contributed by atoms with E-state index < -0.39 is 10.8 Å². The summed E-state index contributed by atoms with van der Waals surface area (Å²) in [7, 11) is 0. The molecule has 2 rings (SSSR count). The molecule has 0 aromatic carbocycles. The molecule has 0 N–H and O–H groups in total. The Morgan fingerprint density at radius 1 is 1.20 bits per heavy atom. The number of allylic oxidation sites excluding steroid dienone is 5. The fraction of sp³-hybridized carbons (Fsp3) is 0.500. The van der Waals surface area contributed by atoms with Crippen molar-refractivity contribution in [2.75, 3.05) is 0 Å². The van der Waals surface area contributed by atoms with Crippen molar-refractivity contribution in [3.63, 3.8) is 0 Å². The predicted molar refractivity (Wildman–Crippen MR) is 100 cm³/mol. The first-order valence-corrected chi connectivity index (χ1v) is 8.89. The molecule has 3 heteroatoms. The van der Waals surface area contributed by atoms with Crippen molar-refractivity contribution in [1.29, 1.82) is 0 Å². The summed E-state index contributed by atoms with van der Waals surface area (Å²) in [4.78, 5) is 40.1. The Bertz CT molecular complexity index is 707. The van der Waals surface area contributed by atoms with Gasteiger partial charge >= 0.3 is 0 Å². The van der Waals surface area contributed by atoms with Crippen LogP contribution in [0, 0.1) is 16.7 Å². The maximum atomic E-state index is 13.6. The summed E-state index contributed by atoms with van der Waals surface area (Å²) < 4.78 is 0. The normalized spacial score (nSPS) is 29.2. The molecule has 0 amide bonds. The van der Waals surface area contributed by atoms with Gasteiger partial charge in [-0.25, -0.2) is 0 Å². The molecule has 2 aliphatic rings. The van der Waals surface area contributed by atoms with Crippen LogP contribution in [0.1, 0.15) is 52.9 Å². The molecular weight excluding hydrogens is 312 g/mol. The molecule has 1 fully saturated rings. The first kappa shape index (κ1) is 19.3. The third-order valence-electron chi connectivity index (χ3n) is 5.63. The maximum Gasteiger partial charge on any atom is 0.180 e. The number of ketones is 3. The zero-order valence-corrected chi connectivity index (χ0v) is 15.6. The number of carbonyl (C=O) groups is 3. The molecule has 0 aromatic rings. The third-order valence-corrected chi connectivity index (χ3v) is 5.63. The predicted octanol–water partition coefficient (Wildman–Crippen LogP) is 4.54. The summed E-state index contributed by atoms with van der Waals surface area (Å²) in [6.45, 7) is 17.3. The fourth-order valence-corrected chi connectivity index (χ4v) is 4.49. The van der Waals surface area contributed by atoms with E-state index in [1.165, 1.54) is 0 Å². The number of fused-ring (bicyclic) bond motifs is 2. The summed E-state index contributed by atoms with van der Waals surface area (Å²) in [5, 5.41) is 0. The van der Waals surface area contributed by atoms with Crippen LogP contribution in [0.25, 0.3) is 0 Å². The van der Waals surface area contributed by atoms with E-state index in [0.29, 0.717) is 24.8 Å². The lowest BCUT2D eigenvalue weighted by atomic mass is 9.48. The lowest BCUT2D eigenvalue weighted by Gasteiger charge is -2.50. The smallest absolute Gasteiger partial charge is 0.180 e. The van der Waals surface area contributed by atoms with Crippen molar-refractivity contribution >= 4 is 17.3 Å². The van der Waals surface area contributed by atoms with Crippen LogP contribution >= 0.6 is 0 Å². The summed E-state index contributed by atoms with van der Waals surface area (Å²) in [6.07, 6.45) is 5.01. The Balaban J connectivity index is 2.78. The van der Waals surface area contributed by atoms with Crippen LogP contribution in [-0.4, -0.2) is 17.3 Å². The minimum Gasteiger partial charge on any atom is -0.298 e. The van der Waals surface area contributed by atoms with Crippen molar-refractivity contribution in [3.8, 4) is 0 Å². The summed E-state index contributed by atoms with van der Waals surface area (Å²) in [5.74, 6) is -0.753. The molecule has 2 atom stereocenters. The quantitative estimate of drug-likeness (QED) is 0.505. The molecule has 0 radical (unpaired) electrons. The molecule has 2 aliphatic carbocycles. The Morgan fingerprint density at radius 2 is 1.84 bits per heavy atom. The van der Waals surface area contributed by atoms with Gasteiger partial charge in [0.2, 0.25) is 0 Å². The van der Waals surface area contributed by atoms with Gasteiger partial charge in [-0.1, -0.05) is 43.7 Å². The fourth-order valence-electron chi connectivity index (χ4n) is 4.49. The van der Waals surface area contributed by atoms with Crippen LogP contribution in [0.5, 0.6) is 0 Å². The van der Waals surface area contributed by atoms with E-state index in [1.807, 2.05) is 20.8 Å². The highest BCUT2D eigenvalue weighted by Gasteiger charge is 2.65. The highest BCUT2D eigenvalue weighted by Crippen LogP contribution is 2.57. The van der Waals surface area contributed by atoms with Gasteiger partial charge in [0.15, 0.2) is 22.8 Å². The summed E-state index contributed by atoms with van der Waals surface area (Å²) in [5.41, 5.74) is -0.336. The average molecular weight is 340 g/mol. The van der Waals surface area contributed by atoms with Crippen molar-refractivity contribution in [1.82, 2.24) is 0 Å². The first-order valence-electron chi connectivity index (χ1n) is 8.89. The number of hydrogen-bond donors (Lipinski definition) is 0. The molecule has 0 aliphatic heterocycles.